The summed E-state index contributed by atoms with van der Waals surface area (Å²) in [6.07, 6.45) is 15.9. The molecule has 0 radical (unpaired) electrons. The van der Waals surface area contributed by atoms with Gasteiger partial charge in [0, 0.05) is 12.6 Å². The van der Waals surface area contributed by atoms with Crippen molar-refractivity contribution >= 4 is 0 Å². The zero-order chi connectivity index (χ0) is 14.4. The number of unbranched alkanes of at least 4 members (excludes halogenated alkanes) is 1. The van der Waals surface area contributed by atoms with E-state index in [9.17, 15) is 0 Å². The predicted molar refractivity (Wildman–Crippen MR) is 89.0 cm³/mol. The third kappa shape index (κ3) is 4.48. The summed E-state index contributed by atoms with van der Waals surface area (Å²) in [4.78, 5) is 0. The molecule has 0 amide bonds. The zero-order valence-corrected chi connectivity index (χ0v) is 14.2. The van der Waals surface area contributed by atoms with Gasteiger partial charge >= 0.3 is 0 Å². The molecule has 2 fully saturated rings. The van der Waals surface area contributed by atoms with Gasteiger partial charge in [-0.3, -0.25) is 0 Å². The zero-order valence-electron chi connectivity index (χ0n) is 14.2. The number of hydrogen-bond acceptors (Lipinski definition) is 1. The van der Waals surface area contributed by atoms with Crippen LogP contribution in [0.4, 0.5) is 0 Å². The number of hydrogen-bond donors (Lipinski definition) is 1. The van der Waals surface area contributed by atoms with E-state index in [4.69, 9.17) is 0 Å². The van der Waals surface area contributed by atoms with Crippen LogP contribution in [0, 0.1) is 17.3 Å². The molecule has 2 aliphatic carbocycles. The average molecular weight is 280 g/mol. The highest BCUT2D eigenvalue weighted by molar-refractivity contribution is 4.93. The van der Waals surface area contributed by atoms with Crippen LogP contribution >= 0.6 is 0 Å². The van der Waals surface area contributed by atoms with E-state index in [1.165, 1.54) is 77.2 Å². The fourth-order valence-electron chi connectivity index (χ4n) is 4.25. The molecule has 2 aliphatic rings. The standard InChI is InChI=1S/C19H37N/c1-4-6-8-17-11-13-19(14-12-17,16(3)7-5-2)15-20-18-9-10-18/h16-18,20H,4-15H2,1-3H3. The van der Waals surface area contributed by atoms with E-state index < -0.39 is 0 Å². The Hall–Kier alpha value is -0.0400. The second-order valence-corrected chi connectivity index (χ2v) is 7.79. The van der Waals surface area contributed by atoms with Gasteiger partial charge in [-0.2, -0.15) is 0 Å². The van der Waals surface area contributed by atoms with Crippen LogP contribution in [-0.2, 0) is 0 Å². The molecule has 0 aromatic heterocycles. The molecule has 1 heteroatoms. The minimum atomic E-state index is 0.626. The Balaban J connectivity index is 1.86. The highest BCUT2D eigenvalue weighted by atomic mass is 15.0. The Morgan fingerprint density at radius 1 is 1.05 bits per heavy atom. The van der Waals surface area contributed by atoms with Gasteiger partial charge in [-0.1, -0.05) is 52.9 Å². The summed E-state index contributed by atoms with van der Waals surface area (Å²) in [5.41, 5.74) is 0.626. The van der Waals surface area contributed by atoms with Crippen molar-refractivity contribution in [2.24, 2.45) is 17.3 Å². The maximum atomic E-state index is 3.86. The molecule has 20 heavy (non-hydrogen) atoms. The van der Waals surface area contributed by atoms with Crippen LogP contribution in [0.25, 0.3) is 0 Å². The lowest BCUT2D eigenvalue weighted by Gasteiger charge is -2.45. The Morgan fingerprint density at radius 3 is 2.30 bits per heavy atom. The van der Waals surface area contributed by atoms with Crippen molar-refractivity contribution in [2.45, 2.75) is 97.4 Å². The lowest BCUT2D eigenvalue weighted by atomic mass is 9.62. The van der Waals surface area contributed by atoms with Gasteiger partial charge in [-0.15, -0.1) is 0 Å². The van der Waals surface area contributed by atoms with Crippen molar-refractivity contribution < 1.29 is 0 Å². The maximum absolute atomic E-state index is 3.86. The first kappa shape index (κ1) is 16.3. The SMILES string of the molecule is CCCCC1CCC(CNC2CC2)(C(C)CCC)CC1. The molecule has 118 valence electrons. The molecule has 0 aromatic rings. The molecule has 1 atom stereocenters. The van der Waals surface area contributed by atoms with Crippen LogP contribution in [0.3, 0.4) is 0 Å². The molecule has 1 nitrogen and oxygen atoms in total. The van der Waals surface area contributed by atoms with Crippen molar-refractivity contribution in [1.82, 2.24) is 5.32 Å². The van der Waals surface area contributed by atoms with Crippen LogP contribution in [-0.4, -0.2) is 12.6 Å². The molecule has 0 aromatic carbocycles. The number of nitrogens with one attached hydrogen (secondary N) is 1. The Kier molecular flexibility index (Phi) is 6.39. The van der Waals surface area contributed by atoms with E-state index in [1.54, 1.807) is 0 Å². The molecule has 1 N–H and O–H groups in total. The van der Waals surface area contributed by atoms with Gasteiger partial charge in [0.05, 0.1) is 0 Å². The summed E-state index contributed by atoms with van der Waals surface area (Å²) >= 11 is 0. The molecule has 1 unspecified atom stereocenters. The van der Waals surface area contributed by atoms with Crippen molar-refractivity contribution in [2.75, 3.05) is 6.54 Å². The van der Waals surface area contributed by atoms with Gasteiger partial charge in [0.2, 0.25) is 0 Å². The van der Waals surface area contributed by atoms with Crippen LogP contribution < -0.4 is 5.32 Å². The minimum Gasteiger partial charge on any atom is -0.313 e. The molecule has 0 aliphatic heterocycles. The quantitative estimate of drug-likeness (QED) is 0.584. The van der Waals surface area contributed by atoms with E-state index in [1.807, 2.05) is 0 Å². The molecular formula is C19H37N. The first-order valence-corrected chi connectivity index (χ1v) is 9.43. The third-order valence-corrected chi connectivity index (χ3v) is 6.15. The van der Waals surface area contributed by atoms with Gasteiger partial charge in [0.25, 0.3) is 0 Å². The fourth-order valence-corrected chi connectivity index (χ4v) is 4.25. The summed E-state index contributed by atoms with van der Waals surface area (Å²) in [6.45, 7) is 8.52. The molecule has 2 rings (SSSR count). The van der Waals surface area contributed by atoms with Gasteiger partial charge in [-0.25, -0.2) is 0 Å². The first-order valence-electron chi connectivity index (χ1n) is 9.43. The highest BCUT2D eigenvalue weighted by Crippen LogP contribution is 2.47. The maximum Gasteiger partial charge on any atom is 0.00684 e. The van der Waals surface area contributed by atoms with E-state index in [0.717, 1.165) is 17.9 Å². The van der Waals surface area contributed by atoms with Crippen molar-refractivity contribution in [3.8, 4) is 0 Å². The van der Waals surface area contributed by atoms with Crippen molar-refractivity contribution in [3.63, 3.8) is 0 Å². The van der Waals surface area contributed by atoms with Gasteiger partial charge in [0.15, 0.2) is 0 Å². The topological polar surface area (TPSA) is 12.0 Å². The molecule has 2 saturated carbocycles. The van der Waals surface area contributed by atoms with Crippen LogP contribution in [0.5, 0.6) is 0 Å². The molecule has 0 spiro atoms. The fraction of sp³-hybridized carbons (Fsp3) is 1.00. The van der Waals surface area contributed by atoms with Crippen LogP contribution in [0.1, 0.15) is 91.4 Å². The monoisotopic (exact) mass is 279 g/mol. The summed E-state index contributed by atoms with van der Waals surface area (Å²) in [5, 5.41) is 3.86. The molecule has 0 bridgehead atoms. The second-order valence-electron chi connectivity index (χ2n) is 7.79. The smallest absolute Gasteiger partial charge is 0.00684 e. The normalized spacial score (nSPS) is 32.2. The van der Waals surface area contributed by atoms with Crippen LogP contribution in [0.15, 0.2) is 0 Å². The van der Waals surface area contributed by atoms with E-state index >= 15 is 0 Å². The van der Waals surface area contributed by atoms with E-state index in [-0.39, 0.29) is 0 Å². The lowest BCUT2D eigenvalue weighted by molar-refractivity contribution is 0.0713. The van der Waals surface area contributed by atoms with Gasteiger partial charge in [-0.05, 0) is 55.8 Å². The molecule has 0 heterocycles. The predicted octanol–water partition coefficient (Wildman–Crippen LogP) is 5.54. The van der Waals surface area contributed by atoms with Gasteiger partial charge in [0.1, 0.15) is 0 Å². The highest BCUT2D eigenvalue weighted by Gasteiger charge is 2.40. The Bertz CT molecular complexity index is 261. The molecular weight excluding hydrogens is 242 g/mol. The second kappa shape index (κ2) is 7.82. The average Bonchev–Trinajstić information content (AvgIpc) is 3.28. The van der Waals surface area contributed by atoms with Crippen molar-refractivity contribution in [1.29, 1.82) is 0 Å². The van der Waals surface area contributed by atoms with Gasteiger partial charge < -0.3 is 5.32 Å². The Labute approximate surface area is 127 Å². The lowest BCUT2D eigenvalue weighted by Crippen LogP contribution is -2.43. The summed E-state index contributed by atoms with van der Waals surface area (Å²) in [6, 6.07) is 0.874. The van der Waals surface area contributed by atoms with Crippen LogP contribution in [0.2, 0.25) is 0 Å². The largest absolute Gasteiger partial charge is 0.313 e. The molecule has 0 saturated heterocycles. The summed E-state index contributed by atoms with van der Waals surface area (Å²) in [7, 11) is 0. The third-order valence-electron chi connectivity index (χ3n) is 6.15. The minimum absolute atomic E-state index is 0.626. The van der Waals surface area contributed by atoms with E-state index in [2.05, 4.69) is 26.1 Å². The van der Waals surface area contributed by atoms with E-state index in [0.29, 0.717) is 5.41 Å². The Morgan fingerprint density at radius 2 is 1.75 bits per heavy atom. The van der Waals surface area contributed by atoms with Crippen molar-refractivity contribution in [3.05, 3.63) is 0 Å². The summed E-state index contributed by atoms with van der Waals surface area (Å²) < 4.78 is 0. The first-order chi connectivity index (χ1) is 9.70. The number of rotatable bonds is 9. The summed E-state index contributed by atoms with van der Waals surface area (Å²) in [5.74, 6) is 1.95.